The van der Waals surface area contributed by atoms with E-state index in [2.05, 4.69) is 23.4 Å². The molecular formula is C20H28FN3OS. The zero-order valence-electron chi connectivity index (χ0n) is 16.3. The molecule has 0 N–H and O–H groups in total. The molecule has 2 aromatic rings. The van der Waals surface area contributed by atoms with E-state index in [9.17, 15) is 9.18 Å². The molecule has 26 heavy (non-hydrogen) atoms. The Morgan fingerprint density at radius 2 is 2.12 bits per heavy atom. The van der Waals surface area contributed by atoms with Crippen molar-refractivity contribution < 1.29 is 9.18 Å². The summed E-state index contributed by atoms with van der Waals surface area (Å²) in [7, 11) is 1.75. The summed E-state index contributed by atoms with van der Waals surface area (Å²) >= 11 is 1.49. The average molecular weight is 378 g/mol. The van der Waals surface area contributed by atoms with E-state index in [-0.39, 0.29) is 17.0 Å². The summed E-state index contributed by atoms with van der Waals surface area (Å²) in [6.45, 7) is 9.46. The van der Waals surface area contributed by atoms with Gasteiger partial charge < -0.3 is 9.47 Å². The number of halogens is 1. The van der Waals surface area contributed by atoms with Crippen molar-refractivity contribution in [3.63, 3.8) is 0 Å². The van der Waals surface area contributed by atoms with E-state index < -0.39 is 0 Å². The first kappa shape index (κ1) is 20.5. The molecular weight excluding hydrogens is 349 g/mol. The Bertz CT molecular complexity index is 760. The molecule has 0 fully saturated rings. The minimum atomic E-state index is -0.283. The van der Waals surface area contributed by atoms with Crippen LogP contribution in [0.25, 0.3) is 0 Å². The van der Waals surface area contributed by atoms with Gasteiger partial charge in [0.2, 0.25) is 5.91 Å². The van der Waals surface area contributed by atoms with Gasteiger partial charge in [-0.25, -0.2) is 9.37 Å². The van der Waals surface area contributed by atoms with Crippen molar-refractivity contribution in [3.05, 3.63) is 47.0 Å². The van der Waals surface area contributed by atoms with E-state index in [1.165, 1.54) is 23.9 Å². The van der Waals surface area contributed by atoms with Gasteiger partial charge in [-0.15, -0.1) is 0 Å². The number of amides is 1. The lowest BCUT2D eigenvalue weighted by Gasteiger charge is -2.21. The van der Waals surface area contributed by atoms with Crippen molar-refractivity contribution in [3.8, 4) is 0 Å². The number of carbonyl (C=O) groups is 1. The van der Waals surface area contributed by atoms with Gasteiger partial charge in [0.25, 0.3) is 0 Å². The normalized spacial score (nSPS) is 12.2. The van der Waals surface area contributed by atoms with Crippen LogP contribution >= 0.6 is 11.8 Å². The first-order chi connectivity index (χ1) is 12.3. The zero-order chi connectivity index (χ0) is 19.3. The summed E-state index contributed by atoms with van der Waals surface area (Å²) in [5, 5.41) is 0.642. The number of aromatic nitrogens is 2. The topological polar surface area (TPSA) is 38.1 Å². The first-order valence-corrected chi connectivity index (χ1v) is 9.91. The quantitative estimate of drug-likeness (QED) is 0.632. The Kier molecular flexibility index (Phi) is 7.26. The van der Waals surface area contributed by atoms with Crippen LogP contribution in [0.1, 0.15) is 43.6 Å². The number of carbonyl (C=O) groups excluding carboxylic acids is 1. The van der Waals surface area contributed by atoms with E-state index in [1.807, 2.05) is 19.9 Å². The molecule has 0 bridgehead atoms. The molecule has 0 saturated carbocycles. The molecule has 0 aliphatic rings. The van der Waals surface area contributed by atoms with Crippen molar-refractivity contribution in [1.29, 1.82) is 0 Å². The molecule has 1 aromatic carbocycles. The predicted octanol–water partition coefficient (Wildman–Crippen LogP) is 4.58. The van der Waals surface area contributed by atoms with Gasteiger partial charge in [-0.05, 0) is 44.9 Å². The molecule has 1 unspecified atom stereocenters. The summed E-state index contributed by atoms with van der Waals surface area (Å²) in [6.07, 6.45) is 2.21. The Hall–Kier alpha value is -1.82. The van der Waals surface area contributed by atoms with Crippen molar-refractivity contribution in [2.45, 2.75) is 64.0 Å². The van der Waals surface area contributed by atoms with Crippen LogP contribution in [0, 0.1) is 19.7 Å². The van der Waals surface area contributed by atoms with E-state index in [0.717, 1.165) is 41.5 Å². The van der Waals surface area contributed by atoms with Gasteiger partial charge in [0, 0.05) is 25.8 Å². The Morgan fingerprint density at radius 3 is 2.77 bits per heavy atom. The largest absolute Gasteiger partial charge is 0.340 e. The highest BCUT2D eigenvalue weighted by atomic mass is 32.2. The number of benzene rings is 1. The first-order valence-electron chi connectivity index (χ1n) is 9.03. The lowest BCUT2D eigenvalue weighted by molar-refractivity contribution is -0.129. The Balaban J connectivity index is 2.05. The number of imidazole rings is 1. The number of nitrogens with zero attached hydrogens (tertiary/aromatic N) is 3. The summed E-state index contributed by atoms with van der Waals surface area (Å²) in [6, 6.07) is 6.36. The molecule has 1 atom stereocenters. The van der Waals surface area contributed by atoms with Crippen LogP contribution in [0.15, 0.2) is 29.4 Å². The summed E-state index contributed by atoms with van der Waals surface area (Å²) in [4.78, 5) is 19.0. The third-order valence-electron chi connectivity index (χ3n) is 4.47. The highest BCUT2D eigenvalue weighted by Crippen LogP contribution is 2.27. The molecule has 6 heteroatoms. The van der Waals surface area contributed by atoms with Crippen LogP contribution < -0.4 is 0 Å². The lowest BCUT2D eigenvalue weighted by Crippen LogP contribution is -2.33. The molecule has 0 aliphatic heterocycles. The van der Waals surface area contributed by atoms with Gasteiger partial charge in [-0.2, -0.15) is 0 Å². The molecule has 2 rings (SSSR count). The maximum atomic E-state index is 13.3. The third kappa shape index (κ3) is 5.10. The molecule has 0 aliphatic carbocycles. The van der Waals surface area contributed by atoms with Crippen LogP contribution in [0.2, 0.25) is 0 Å². The van der Waals surface area contributed by atoms with Gasteiger partial charge in [0.15, 0.2) is 5.16 Å². The number of thioether (sulfide) groups is 1. The minimum Gasteiger partial charge on any atom is -0.340 e. The SMILES string of the molecule is CCCCn1c(SC(C)C(=O)N(C)Cc2cccc(F)c2)nc(C)c1C. The Labute approximate surface area is 159 Å². The number of hydrogen-bond donors (Lipinski definition) is 0. The van der Waals surface area contributed by atoms with E-state index in [0.29, 0.717) is 6.54 Å². The fourth-order valence-electron chi connectivity index (χ4n) is 2.80. The number of unbranched alkanes of at least 4 members (excludes halogenated alkanes) is 1. The summed E-state index contributed by atoms with van der Waals surface area (Å²) in [5.41, 5.74) is 2.96. The molecule has 0 spiro atoms. The van der Waals surface area contributed by atoms with Gasteiger partial charge in [-0.1, -0.05) is 37.2 Å². The van der Waals surface area contributed by atoms with E-state index in [1.54, 1.807) is 18.0 Å². The van der Waals surface area contributed by atoms with Crippen molar-refractivity contribution in [2.24, 2.45) is 0 Å². The molecule has 142 valence electrons. The number of aryl methyl sites for hydroxylation is 1. The smallest absolute Gasteiger partial charge is 0.235 e. The number of rotatable bonds is 8. The zero-order valence-corrected chi connectivity index (χ0v) is 17.1. The second kappa shape index (κ2) is 9.21. The van der Waals surface area contributed by atoms with E-state index in [4.69, 9.17) is 0 Å². The van der Waals surface area contributed by atoms with Crippen LogP contribution in [0.3, 0.4) is 0 Å². The molecule has 1 heterocycles. The third-order valence-corrected chi connectivity index (χ3v) is 5.55. The van der Waals surface area contributed by atoms with Crippen LogP contribution in [-0.2, 0) is 17.9 Å². The summed E-state index contributed by atoms with van der Waals surface area (Å²) in [5.74, 6) is -0.269. The predicted molar refractivity (Wildman–Crippen MR) is 105 cm³/mol. The molecule has 0 saturated heterocycles. The highest BCUT2D eigenvalue weighted by Gasteiger charge is 2.22. The van der Waals surface area contributed by atoms with Crippen LogP contribution in [0.4, 0.5) is 4.39 Å². The average Bonchev–Trinajstić information content (AvgIpc) is 2.86. The maximum Gasteiger partial charge on any atom is 0.235 e. The van der Waals surface area contributed by atoms with Crippen molar-refractivity contribution in [1.82, 2.24) is 14.5 Å². The fraction of sp³-hybridized carbons (Fsp3) is 0.500. The van der Waals surface area contributed by atoms with Gasteiger partial charge in [-0.3, -0.25) is 4.79 Å². The molecule has 1 amide bonds. The Morgan fingerprint density at radius 1 is 1.38 bits per heavy atom. The molecule has 1 aromatic heterocycles. The number of hydrogen-bond acceptors (Lipinski definition) is 3. The minimum absolute atomic E-state index is 0.0135. The fourth-order valence-corrected chi connectivity index (χ4v) is 3.94. The van der Waals surface area contributed by atoms with Crippen molar-refractivity contribution in [2.75, 3.05) is 7.05 Å². The van der Waals surface area contributed by atoms with Gasteiger partial charge in [0.05, 0.1) is 10.9 Å². The summed E-state index contributed by atoms with van der Waals surface area (Å²) < 4.78 is 15.5. The van der Waals surface area contributed by atoms with Crippen LogP contribution in [0.5, 0.6) is 0 Å². The monoisotopic (exact) mass is 377 g/mol. The van der Waals surface area contributed by atoms with Gasteiger partial charge in [0.1, 0.15) is 5.82 Å². The van der Waals surface area contributed by atoms with E-state index >= 15 is 0 Å². The highest BCUT2D eigenvalue weighted by molar-refractivity contribution is 8.00. The molecule has 4 nitrogen and oxygen atoms in total. The maximum absolute atomic E-state index is 13.3. The molecule has 0 radical (unpaired) electrons. The lowest BCUT2D eigenvalue weighted by atomic mass is 10.2. The second-order valence-corrected chi connectivity index (χ2v) is 7.96. The standard InChI is InChI=1S/C20H28FN3OS/c1-6-7-11-24-15(3)14(2)22-20(24)26-16(4)19(25)23(5)13-17-9-8-10-18(21)12-17/h8-10,12,16H,6-7,11,13H2,1-5H3. The van der Waals surface area contributed by atoms with Crippen LogP contribution in [-0.4, -0.2) is 32.7 Å². The second-order valence-electron chi connectivity index (χ2n) is 6.65. The van der Waals surface area contributed by atoms with Gasteiger partial charge >= 0.3 is 0 Å². The van der Waals surface area contributed by atoms with Crippen molar-refractivity contribution >= 4 is 17.7 Å².